The van der Waals surface area contributed by atoms with Gasteiger partial charge in [-0.2, -0.15) is 4.98 Å². The molecule has 0 saturated heterocycles. The number of hydrogen-bond acceptors (Lipinski definition) is 4. The molecule has 0 aliphatic heterocycles. The van der Waals surface area contributed by atoms with Crippen molar-refractivity contribution in [2.45, 2.75) is 6.54 Å². The molecule has 162 valence electrons. The van der Waals surface area contributed by atoms with Crippen LogP contribution in [0.2, 0.25) is 5.02 Å². The number of hydrogen-bond donors (Lipinski definition) is 0. The Morgan fingerprint density at radius 3 is 2.56 bits per heavy atom. The number of benzene rings is 2. The van der Waals surface area contributed by atoms with Crippen LogP contribution in [-0.4, -0.2) is 36.8 Å². The van der Waals surface area contributed by atoms with Gasteiger partial charge in [0.1, 0.15) is 0 Å². The average Bonchev–Trinajstić information content (AvgIpc) is 3.34. The molecular weight excluding hydrogens is 430 g/mol. The largest absolute Gasteiger partial charge is 0.383 e. The smallest absolute Gasteiger partial charge is 0.332 e. The third-order valence-corrected chi connectivity index (χ3v) is 5.74. The lowest BCUT2D eigenvalue weighted by atomic mass is 10.1. The van der Waals surface area contributed by atoms with Gasteiger partial charge in [0.2, 0.25) is 5.78 Å². The molecule has 3 aromatic heterocycles. The number of rotatable bonds is 5. The molecule has 5 rings (SSSR count). The van der Waals surface area contributed by atoms with Crippen LogP contribution in [0.25, 0.3) is 33.9 Å². The molecule has 0 bridgehead atoms. The van der Waals surface area contributed by atoms with Crippen molar-refractivity contribution in [2.75, 3.05) is 13.7 Å². The zero-order valence-electron chi connectivity index (χ0n) is 17.5. The lowest BCUT2D eigenvalue weighted by molar-refractivity contribution is 0.184. The highest BCUT2D eigenvalue weighted by Gasteiger charge is 2.22. The molecule has 0 amide bonds. The summed E-state index contributed by atoms with van der Waals surface area (Å²) in [5.74, 6) is 0.512. The molecular formula is C23H20ClN5O3. The second-order valence-electron chi connectivity index (χ2n) is 7.44. The minimum Gasteiger partial charge on any atom is -0.383 e. The van der Waals surface area contributed by atoms with Gasteiger partial charge in [-0.3, -0.25) is 22.9 Å². The third kappa shape index (κ3) is 3.07. The van der Waals surface area contributed by atoms with Crippen molar-refractivity contribution < 1.29 is 4.74 Å². The molecule has 3 heterocycles. The maximum absolute atomic E-state index is 13.3. The van der Waals surface area contributed by atoms with Crippen molar-refractivity contribution in [2.24, 2.45) is 7.05 Å². The fourth-order valence-electron chi connectivity index (χ4n) is 3.96. The SMILES string of the molecule is COCCn1c(=O)c2c(nc3n(-c4cccc(Cl)c4)c(-c4ccccc4)cn23)n(C)c1=O. The number of methoxy groups -OCH3 is 1. The van der Waals surface area contributed by atoms with Gasteiger partial charge >= 0.3 is 5.69 Å². The maximum Gasteiger partial charge on any atom is 0.332 e. The van der Waals surface area contributed by atoms with E-state index in [-0.39, 0.29) is 13.2 Å². The molecule has 2 aromatic carbocycles. The van der Waals surface area contributed by atoms with Gasteiger partial charge in [0, 0.05) is 30.9 Å². The minimum absolute atomic E-state index is 0.158. The standard InChI is InChI=1S/C23H20ClN5O3/c1-26-20-19(21(30)27(23(26)31)11-12-32-2)28-14-18(15-7-4-3-5-8-15)29(22(28)25-20)17-10-6-9-16(24)13-17/h3-10,13-14H,11-12H2,1-2H3. The summed E-state index contributed by atoms with van der Waals surface area (Å²) in [5.41, 5.74) is 2.40. The van der Waals surface area contributed by atoms with Crippen molar-refractivity contribution >= 4 is 28.5 Å². The molecule has 32 heavy (non-hydrogen) atoms. The Labute approximate surface area is 187 Å². The van der Waals surface area contributed by atoms with Crippen molar-refractivity contribution in [3.8, 4) is 16.9 Å². The normalized spacial score (nSPS) is 11.6. The zero-order valence-corrected chi connectivity index (χ0v) is 18.3. The maximum atomic E-state index is 13.3. The molecule has 0 unspecified atom stereocenters. The van der Waals surface area contributed by atoms with Crippen molar-refractivity contribution in [1.82, 2.24) is 23.1 Å². The number of ether oxygens (including phenoxy) is 1. The van der Waals surface area contributed by atoms with Crippen LogP contribution in [0.4, 0.5) is 0 Å². The number of nitrogens with zero attached hydrogens (tertiary/aromatic N) is 5. The molecule has 9 heteroatoms. The van der Waals surface area contributed by atoms with Gasteiger partial charge in [-0.1, -0.05) is 48.0 Å². The summed E-state index contributed by atoms with van der Waals surface area (Å²) in [5, 5.41) is 0.582. The quantitative estimate of drug-likeness (QED) is 0.413. The minimum atomic E-state index is -0.433. The predicted molar refractivity (Wildman–Crippen MR) is 124 cm³/mol. The van der Waals surface area contributed by atoms with E-state index in [4.69, 9.17) is 21.3 Å². The van der Waals surface area contributed by atoms with Crippen molar-refractivity contribution in [3.05, 3.63) is 86.7 Å². The van der Waals surface area contributed by atoms with Crippen molar-refractivity contribution in [1.29, 1.82) is 0 Å². The van der Waals surface area contributed by atoms with Crippen LogP contribution in [0.5, 0.6) is 0 Å². The first-order chi connectivity index (χ1) is 15.5. The van der Waals surface area contributed by atoms with E-state index < -0.39 is 11.2 Å². The summed E-state index contributed by atoms with van der Waals surface area (Å²) in [7, 11) is 3.14. The Balaban J connectivity index is 1.91. The Hall–Kier alpha value is -3.62. The van der Waals surface area contributed by atoms with Crippen LogP contribution in [-0.2, 0) is 18.3 Å². The highest BCUT2D eigenvalue weighted by atomic mass is 35.5. The first-order valence-electron chi connectivity index (χ1n) is 10.0. The van der Waals surface area contributed by atoms with E-state index in [1.807, 2.05) is 59.3 Å². The Kier molecular flexibility index (Phi) is 4.96. The van der Waals surface area contributed by atoms with E-state index in [0.717, 1.165) is 16.9 Å². The predicted octanol–water partition coefficient (Wildman–Crippen LogP) is 3.11. The topological polar surface area (TPSA) is 75.5 Å². The van der Waals surface area contributed by atoms with E-state index in [2.05, 4.69) is 0 Å². The van der Waals surface area contributed by atoms with Gasteiger partial charge in [0.25, 0.3) is 5.56 Å². The van der Waals surface area contributed by atoms with E-state index in [1.165, 1.54) is 16.2 Å². The fourth-order valence-corrected chi connectivity index (χ4v) is 4.14. The highest BCUT2D eigenvalue weighted by molar-refractivity contribution is 6.30. The van der Waals surface area contributed by atoms with Crippen LogP contribution >= 0.6 is 11.6 Å². The van der Waals surface area contributed by atoms with Crippen molar-refractivity contribution in [3.63, 3.8) is 0 Å². The molecule has 0 aliphatic rings. The molecule has 5 aromatic rings. The molecule has 0 radical (unpaired) electrons. The Morgan fingerprint density at radius 1 is 1.06 bits per heavy atom. The summed E-state index contributed by atoms with van der Waals surface area (Å²) in [6, 6.07) is 17.3. The monoisotopic (exact) mass is 449 g/mol. The van der Waals surface area contributed by atoms with Crippen LogP contribution in [0.1, 0.15) is 0 Å². The summed E-state index contributed by atoms with van der Waals surface area (Å²) in [4.78, 5) is 30.8. The van der Waals surface area contributed by atoms with Gasteiger partial charge in [-0.05, 0) is 18.2 Å². The Morgan fingerprint density at radius 2 is 1.84 bits per heavy atom. The Bertz CT molecular complexity index is 1580. The second kappa shape index (κ2) is 7.81. The average molecular weight is 450 g/mol. The molecule has 0 spiro atoms. The van der Waals surface area contributed by atoms with E-state index in [9.17, 15) is 9.59 Å². The van der Waals surface area contributed by atoms with E-state index >= 15 is 0 Å². The van der Waals surface area contributed by atoms with Gasteiger partial charge in [-0.15, -0.1) is 0 Å². The van der Waals surface area contributed by atoms with Gasteiger partial charge in [0.15, 0.2) is 11.2 Å². The number of imidazole rings is 2. The highest BCUT2D eigenvalue weighted by Crippen LogP contribution is 2.29. The lowest BCUT2D eigenvalue weighted by Gasteiger charge is -2.09. The molecule has 0 atom stereocenters. The molecule has 0 aliphatic carbocycles. The summed E-state index contributed by atoms with van der Waals surface area (Å²) < 4.78 is 11.3. The molecule has 8 nitrogen and oxygen atoms in total. The third-order valence-electron chi connectivity index (χ3n) is 5.50. The first-order valence-corrected chi connectivity index (χ1v) is 10.4. The van der Waals surface area contributed by atoms with Gasteiger partial charge in [0.05, 0.1) is 24.5 Å². The number of aryl methyl sites for hydroxylation is 1. The lowest BCUT2D eigenvalue weighted by Crippen LogP contribution is -2.40. The summed E-state index contributed by atoms with van der Waals surface area (Å²) in [6.45, 7) is 0.410. The van der Waals surface area contributed by atoms with Crippen LogP contribution < -0.4 is 11.2 Å². The fraction of sp³-hybridized carbons (Fsp3) is 0.174. The number of aromatic nitrogens is 5. The zero-order chi connectivity index (χ0) is 22.4. The molecule has 0 saturated carbocycles. The van der Waals surface area contributed by atoms with Gasteiger partial charge in [-0.25, -0.2) is 4.79 Å². The van der Waals surface area contributed by atoms with Crippen LogP contribution in [0.15, 0.2) is 70.4 Å². The number of fused-ring (bicyclic) bond motifs is 3. The van der Waals surface area contributed by atoms with E-state index in [1.54, 1.807) is 17.5 Å². The van der Waals surface area contributed by atoms with E-state index in [0.29, 0.717) is 22.0 Å². The molecule has 0 fully saturated rings. The summed E-state index contributed by atoms with van der Waals surface area (Å²) in [6.07, 6.45) is 1.87. The number of halogens is 1. The van der Waals surface area contributed by atoms with Crippen LogP contribution in [0.3, 0.4) is 0 Å². The molecule has 0 N–H and O–H groups in total. The van der Waals surface area contributed by atoms with Crippen LogP contribution in [0, 0.1) is 0 Å². The second-order valence-corrected chi connectivity index (χ2v) is 7.88. The first kappa shape index (κ1) is 20.3. The summed E-state index contributed by atoms with van der Waals surface area (Å²) >= 11 is 6.28. The van der Waals surface area contributed by atoms with Gasteiger partial charge < -0.3 is 4.74 Å².